The molecule has 0 bridgehead atoms. The fraction of sp³-hybridized carbons (Fsp3) is 0.929. The molecule has 2 atom stereocenters. The molecular formula is C14H26N2O2. The lowest BCUT2D eigenvalue weighted by Crippen LogP contribution is -2.54. The number of carbonyl (C=O) groups is 1. The van der Waals surface area contributed by atoms with Gasteiger partial charge in [-0.25, -0.2) is 0 Å². The molecule has 0 radical (unpaired) electrons. The van der Waals surface area contributed by atoms with Crippen LogP contribution in [-0.2, 0) is 9.53 Å². The molecule has 1 saturated heterocycles. The van der Waals surface area contributed by atoms with E-state index in [0.29, 0.717) is 12.5 Å². The summed E-state index contributed by atoms with van der Waals surface area (Å²) in [7, 11) is 1.74. The van der Waals surface area contributed by atoms with Crippen LogP contribution in [0.1, 0.15) is 45.4 Å². The predicted molar refractivity (Wildman–Crippen MR) is 71.2 cm³/mol. The Morgan fingerprint density at radius 1 is 1.44 bits per heavy atom. The molecule has 4 nitrogen and oxygen atoms in total. The van der Waals surface area contributed by atoms with Gasteiger partial charge >= 0.3 is 0 Å². The molecule has 2 rings (SSSR count). The molecule has 1 aliphatic carbocycles. The lowest BCUT2D eigenvalue weighted by molar-refractivity contribution is -0.146. The van der Waals surface area contributed by atoms with Gasteiger partial charge in [-0.3, -0.25) is 4.79 Å². The Kier molecular flexibility index (Phi) is 4.28. The average Bonchev–Trinajstić information content (AvgIpc) is 2.85. The van der Waals surface area contributed by atoms with E-state index < -0.39 is 0 Å². The van der Waals surface area contributed by atoms with Crippen molar-refractivity contribution in [2.24, 2.45) is 11.1 Å². The van der Waals surface area contributed by atoms with Crippen molar-refractivity contribution in [1.82, 2.24) is 4.90 Å². The highest BCUT2D eigenvalue weighted by atomic mass is 16.5. The standard InChI is InChI=1S/C14H26N2O2/c1-14(6-3-4-7-14)13(17)16-8-5-12(18-2)9-11(16)10-15/h11-12H,3-10,15H2,1-2H3. The highest BCUT2D eigenvalue weighted by Crippen LogP contribution is 2.40. The van der Waals surface area contributed by atoms with Gasteiger partial charge in [0.25, 0.3) is 0 Å². The minimum absolute atomic E-state index is 0.132. The molecule has 0 spiro atoms. The number of hydrogen-bond donors (Lipinski definition) is 1. The van der Waals surface area contributed by atoms with E-state index in [1.54, 1.807) is 7.11 Å². The number of nitrogens with zero attached hydrogens (tertiary/aromatic N) is 1. The van der Waals surface area contributed by atoms with Crippen LogP contribution in [0.4, 0.5) is 0 Å². The van der Waals surface area contributed by atoms with E-state index >= 15 is 0 Å². The smallest absolute Gasteiger partial charge is 0.228 e. The number of nitrogens with two attached hydrogens (primary N) is 1. The van der Waals surface area contributed by atoms with Crippen molar-refractivity contribution in [2.45, 2.75) is 57.6 Å². The Labute approximate surface area is 110 Å². The van der Waals surface area contributed by atoms with Crippen LogP contribution in [0.3, 0.4) is 0 Å². The van der Waals surface area contributed by atoms with E-state index in [1.165, 1.54) is 12.8 Å². The fourth-order valence-electron chi connectivity index (χ4n) is 3.44. The molecule has 0 aromatic carbocycles. The number of carbonyl (C=O) groups excluding carboxylic acids is 1. The minimum atomic E-state index is -0.132. The first kappa shape index (κ1) is 13.8. The van der Waals surface area contributed by atoms with E-state index in [9.17, 15) is 4.79 Å². The largest absolute Gasteiger partial charge is 0.381 e. The van der Waals surface area contributed by atoms with Crippen LogP contribution in [0.5, 0.6) is 0 Å². The number of rotatable bonds is 3. The van der Waals surface area contributed by atoms with Crippen LogP contribution >= 0.6 is 0 Å². The van der Waals surface area contributed by atoms with Gasteiger partial charge in [0.1, 0.15) is 0 Å². The summed E-state index contributed by atoms with van der Waals surface area (Å²) in [4.78, 5) is 14.7. The van der Waals surface area contributed by atoms with Gasteiger partial charge in [0.2, 0.25) is 5.91 Å². The zero-order chi connectivity index (χ0) is 13.2. The van der Waals surface area contributed by atoms with E-state index in [0.717, 1.165) is 32.2 Å². The monoisotopic (exact) mass is 254 g/mol. The molecule has 104 valence electrons. The normalized spacial score (nSPS) is 31.6. The maximum Gasteiger partial charge on any atom is 0.228 e. The van der Waals surface area contributed by atoms with Gasteiger partial charge in [-0.1, -0.05) is 19.8 Å². The summed E-state index contributed by atoms with van der Waals surface area (Å²) in [5.74, 6) is 0.324. The molecule has 2 fully saturated rings. The lowest BCUT2D eigenvalue weighted by atomic mass is 9.85. The van der Waals surface area contributed by atoms with Gasteiger partial charge < -0.3 is 15.4 Å². The van der Waals surface area contributed by atoms with Gasteiger partial charge in [0.15, 0.2) is 0 Å². The van der Waals surface area contributed by atoms with Crippen molar-refractivity contribution in [3.8, 4) is 0 Å². The number of ether oxygens (including phenoxy) is 1. The fourth-order valence-corrected chi connectivity index (χ4v) is 3.44. The molecular weight excluding hydrogens is 228 g/mol. The molecule has 1 saturated carbocycles. The SMILES string of the molecule is COC1CCN(C(=O)C2(C)CCCC2)C(CN)C1. The van der Waals surface area contributed by atoms with Crippen LogP contribution in [0.15, 0.2) is 0 Å². The molecule has 2 unspecified atom stereocenters. The van der Waals surface area contributed by atoms with Crippen molar-refractivity contribution in [3.63, 3.8) is 0 Å². The van der Waals surface area contributed by atoms with Crippen molar-refractivity contribution in [2.75, 3.05) is 20.2 Å². The number of methoxy groups -OCH3 is 1. The van der Waals surface area contributed by atoms with Gasteiger partial charge in [-0.15, -0.1) is 0 Å². The summed E-state index contributed by atoms with van der Waals surface area (Å²) >= 11 is 0. The highest BCUT2D eigenvalue weighted by molar-refractivity contribution is 5.83. The molecule has 2 N–H and O–H groups in total. The summed E-state index contributed by atoms with van der Waals surface area (Å²) in [6, 6.07) is 0.161. The quantitative estimate of drug-likeness (QED) is 0.831. The van der Waals surface area contributed by atoms with Crippen molar-refractivity contribution in [1.29, 1.82) is 0 Å². The topological polar surface area (TPSA) is 55.6 Å². The van der Waals surface area contributed by atoms with Gasteiger partial charge in [-0.2, -0.15) is 0 Å². The molecule has 1 amide bonds. The maximum absolute atomic E-state index is 12.7. The first-order valence-electron chi connectivity index (χ1n) is 7.14. The first-order chi connectivity index (χ1) is 8.60. The molecule has 2 aliphatic rings. The molecule has 4 heteroatoms. The third-order valence-corrected chi connectivity index (χ3v) is 4.76. The summed E-state index contributed by atoms with van der Waals surface area (Å²) in [5.41, 5.74) is 5.71. The molecule has 1 heterocycles. The molecule has 1 aliphatic heterocycles. The van der Waals surface area contributed by atoms with E-state index in [1.807, 2.05) is 4.90 Å². The van der Waals surface area contributed by atoms with Crippen molar-refractivity contribution in [3.05, 3.63) is 0 Å². The van der Waals surface area contributed by atoms with Crippen molar-refractivity contribution < 1.29 is 9.53 Å². The Balaban J connectivity index is 2.05. The maximum atomic E-state index is 12.7. The van der Waals surface area contributed by atoms with Crippen LogP contribution < -0.4 is 5.73 Å². The second-order valence-corrected chi connectivity index (χ2v) is 6.04. The zero-order valence-corrected chi connectivity index (χ0v) is 11.7. The van der Waals surface area contributed by atoms with Crippen molar-refractivity contribution >= 4 is 5.91 Å². The summed E-state index contributed by atoms with van der Waals surface area (Å²) in [6.45, 7) is 3.47. The Morgan fingerprint density at radius 2 is 2.11 bits per heavy atom. The Bertz CT molecular complexity index is 300. The number of likely N-dealkylation sites (tertiary alicyclic amines) is 1. The van der Waals surface area contributed by atoms with Crippen LogP contribution in [-0.4, -0.2) is 43.2 Å². The summed E-state index contributed by atoms with van der Waals surface area (Å²) in [6.07, 6.45) is 6.53. The first-order valence-corrected chi connectivity index (χ1v) is 7.14. The second-order valence-electron chi connectivity index (χ2n) is 6.04. The Morgan fingerprint density at radius 3 is 2.67 bits per heavy atom. The molecule has 0 aromatic rings. The molecule has 0 aromatic heterocycles. The van der Waals surface area contributed by atoms with Crippen LogP contribution in [0, 0.1) is 5.41 Å². The zero-order valence-electron chi connectivity index (χ0n) is 11.7. The Hall–Kier alpha value is -0.610. The lowest BCUT2D eigenvalue weighted by Gasteiger charge is -2.42. The summed E-state index contributed by atoms with van der Waals surface area (Å²) in [5, 5.41) is 0. The van der Waals surface area contributed by atoms with E-state index in [-0.39, 0.29) is 17.6 Å². The highest BCUT2D eigenvalue weighted by Gasteiger charge is 2.42. The van der Waals surface area contributed by atoms with Gasteiger partial charge in [-0.05, 0) is 25.7 Å². The van der Waals surface area contributed by atoms with E-state index in [4.69, 9.17) is 10.5 Å². The van der Waals surface area contributed by atoms with Gasteiger partial charge in [0.05, 0.1) is 6.10 Å². The van der Waals surface area contributed by atoms with Crippen LogP contribution in [0.2, 0.25) is 0 Å². The second kappa shape index (κ2) is 5.57. The number of amides is 1. The number of hydrogen-bond acceptors (Lipinski definition) is 3. The third-order valence-electron chi connectivity index (χ3n) is 4.76. The minimum Gasteiger partial charge on any atom is -0.381 e. The van der Waals surface area contributed by atoms with E-state index in [2.05, 4.69) is 6.92 Å². The third kappa shape index (κ3) is 2.54. The average molecular weight is 254 g/mol. The number of piperidine rings is 1. The summed E-state index contributed by atoms with van der Waals surface area (Å²) < 4.78 is 5.41. The molecule has 18 heavy (non-hydrogen) atoms. The van der Waals surface area contributed by atoms with Gasteiger partial charge in [0, 0.05) is 31.7 Å². The van der Waals surface area contributed by atoms with Crippen LogP contribution in [0.25, 0.3) is 0 Å². The predicted octanol–water partition coefficient (Wildman–Crippen LogP) is 1.53.